The minimum absolute atomic E-state index is 0.0252. The number of carbonyl (C=O) groups is 8. The van der Waals surface area contributed by atoms with E-state index in [0.29, 0.717) is 75.2 Å². The first-order valence-electron chi connectivity index (χ1n) is 34.8. The van der Waals surface area contributed by atoms with Gasteiger partial charge in [-0.25, -0.2) is 19.2 Å². The maximum absolute atomic E-state index is 15.4. The molecule has 1 aromatic heterocycles. The molecule has 2 aliphatic heterocycles. The number of aliphatic hydroxyl groups is 3. The van der Waals surface area contributed by atoms with Crippen LogP contribution in [0.15, 0.2) is 113 Å². The molecule has 2 saturated heterocycles. The predicted octanol–water partition coefficient (Wildman–Crippen LogP) is 8.50. The first kappa shape index (κ1) is 75.5. The van der Waals surface area contributed by atoms with Crippen LogP contribution in [0, 0.1) is 16.7 Å². The van der Waals surface area contributed by atoms with Gasteiger partial charge in [0.25, 0.3) is 5.91 Å². The topological polar surface area (TPSA) is 362 Å². The Morgan fingerprint density at radius 2 is 1.49 bits per heavy atom. The van der Waals surface area contributed by atoms with Crippen LogP contribution >= 0.6 is 0 Å². The molecule has 11 atom stereocenters. The van der Waals surface area contributed by atoms with Crippen LogP contribution in [0.5, 0.6) is 11.5 Å². The van der Waals surface area contributed by atoms with Crippen molar-refractivity contribution in [2.24, 2.45) is 16.7 Å². The molecule has 0 spiro atoms. The van der Waals surface area contributed by atoms with Gasteiger partial charge in [0.1, 0.15) is 53.2 Å². The highest BCUT2D eigenvalue weighted by atomic mass is 16.6. The summed E-state index contributed by atoms with van der Waals surface area (Å²) in [6.07, 6.45) is -11.7. The summed E-state index contributed by atoms with van der Waals surface area (Å²) in [4.78, 5) is 117. The van der Waals surface area contributed by atoms with Crippen LogP contribution in [0.2, 0.25) is 0 Å². The number of phenolic OH excluding ortho intramolecular Hbond substituents is 2. The van der Waals surface area contributed by atoms with Crippen molar-refractivity contribution in [1.29, 1.82) is 0 Å². The lowest BCUT2D eigenvalue weighted by molar-refractivity contribution is -0.346. The number of piperazine rings is 1. The number of rotatable bonds is 22. The second kappa shape index (κ2) is 30.4. The highest BCUT2D eigenvalue weighted by Gasteiger charge is 2.78. The summed E-state index contributed by atoms with van der Waals surface area (Å²) < 4.78 is 42.3. The van der Waals surface area contributed by atoms with Gasteiger partial charge >= 0.3 is 30.1 Å². The number of alkyl carbamates (subject to hydrolysis) is 2. The van der Waals surface area contributed by atoms with Crippen molar-refractivity contribution in [2.45, 2.75) is 187 Å². The Hall–Kier alpha value is -9.21. The zero-order chi connectivity index (χ0) is 74.0. The first-order chi connectivity index (χ1) is 48.2. The zero-order valence-corrected chi connectivity index (χ0v) is 59.5. The fourth-order valence-electron chi connectivity index (χ4n) is 15.3. The molecule has 2 bridgehead atoms. The molecule has 5 aromatic rings. The third-order valence-electron chi connectivity index (χ3n) is 20.7. The molecular weight excluding hydrogens is 1320 g/mol. The van der Waals surface area contributed by atoms with E-state index in [4.69, 9.17) is 32.9 Å². The number of Topliss-reactive ketones (excluding diaryl/α,β-unsaturated/α-hetero) is 1. The molecule has 10 rings (SSSR count). The number of aromatic nitrogens is 1. The number of hydrogen-bond donors (Lipinski definition) is 8. The molecule has 4 fully saturated rings. The fraction of sp³-hybridized carbons (Fsp3) is 0.513. The van der Waals surface area contributed by atoms with E-state index in [1.165, 1.54) is 45.9 Å². The summed E-state index contributed by atoms with van der Waals surface area (Å²) in [7, 11) is 0. The second-order valence-corrected chi connectivity index (χ2v) is 29.2. The fourth-order valence-corrected chi connectivity index (χ4v) is 15.3. The van der Waals surface area contributed by atoms with Crippen molar-refractivity contribution in [2.75, 3.05) is 45.9 Å². The third kappa shape index (κ3) is 15.2. The van der Waals surface area contributed by atoms with Crippen LogP contribution in [-0.2, 0) is 54.1 Å². The van der Waals surface area contributed by atoms with Crippen molar-refractivity contribution in [3.8, 4) is 33.9 Å². The monoisotopic (exact) mass is 1410 g/mol. The molecule has 4 amide bonds. The number of carbonyl (C=O) groups excluding carboxylic acids is 8. The minimum Gasteiger partial charge on any atom is -0.508 e. The van der Waals surface area contributed by atoms with E-state index >= 15 is 9.59 Å². The average molecular weight is 1410 g/mol. The number of nitrogens with one attached hydrogen (secondary N) is 3. The third-order valence-corrected chi connectivity index (χ3v) is 20.7. The normalized spacial score (nSPS) is 25.2. The lowest BCUT2D eigenvalue weighted by atomic mass is 9.44. The molecular formula is C76H94N6O20. The van der Waals surface area contributed by atoms with E-state index < -0.39 is 124 Å². The van der Waals surface area contributed by atoms with Gasteiger partial charge in [0.15, 0.2) is 22.8 Å². The van der Waals surface area contributed by atoms with Gasteiger partial charge in [0, 0.05) is 83.5 Å². The molecule has 102 heavy (non-hydrogen) atoms. The van der Waals surface area contributed by atoms with Crippen molar-refractivity contribution in [1.82, 2.24) is 30.9 Å². The van der Waals surface area contributed by atoms with Crippen molar-refractivity contribution >= 4 is 47.7 Å². The van der Waals surface area contributed by atoms with E-state index in [1.807, 2.05) is 43.0 Å². The summed E-state index contributed by atoms with van der Waals surface area (Å²) in [5.74, 6) is -6.31. The molecule has 3 heterocycles. The molecule has 5 aliphatic rings. The lowest BCUT2D eigenvalue weighted by Crippen LogP contribution is -2.81. The Kier molecular flexibility index (Phi) is 22.5. The summed E-state index contributed by atoms with van der Waals surface area (Å²) in [6, 6.07) is 24.9. The van der Waals surface area contributed by atoms with Gasteiger partial charge in [-0.3, -0.25) is 24.1 Å². The number of ketones is 1. The highest BCUT2D eigenvalue weighted by Crippen LogP contribution is 2.64. The lowest BCUT2D eigenvalue weighted by Gasteiger charge is -2.67. The van der Waals surface area contributed by atoms with E-state index in [1.54, 1.807) is 82.3 Å². The molecule has 0 radical (unpaired) electrons. The quantitative estimate of drug-likeness (QED) is 0.0139. The second-order valence-electron chi connectivity index (χ2n) is 29.2. The van der Waals surface area contributed by atoms with E-state index in [2.05, 4.69) is 26.0 Å². The maximum atomic E-state index is 15.4. The van der Waals surface area contributed by atoms with E-state index in [0.717, 1.165) is 12.5 Å². The molecule has 8 N–H and O–H groups in total. The van der Waals surface area contributed by atoms with Gasteiger partial charge in [-0.1, -0.05) is 112 Å². The number of phenols is 2. The molecule has 26 nitrogen and oxygen atoms in total. The maximum Gasteiger partial charge on any atom is 0.408 e. The number of ether oxygens (including phenoxy) is 6. The number of aliphatic hydroxyl groups excluding tert-OH is 2. The van der Waals surface area contributed by atoms with Gasteiger partial charge in [-0.05, 0) is 112 Å². The standard InChI is InChI=1S/C76H94N6O20/c1-12-77-67(90)60-57(62(102-80-60)50-36-49(42(2)3)51(84)37-52(50)85)46-29-27-45(28-30-46)40-81-32-34-82(35-33-81)56(87)26-20-15-21-31-78-70(93)98-63(59(47-22-16-13-17-23-47)79-71(94)101-72(6,7)8)69(92)97-53-39-76(95)66(99-68(91)48-24-18-14-19-25-48)64-74(11,65(89)61(88)58(43(53)4)73(76,9)10)54(86)38-55-75(64,41-96-55)100-44(5)83/h13-14,16-19,22-25,27-30,36-37,42,53-55,59,61,63-64,66,84-86,88,95H,12,15,20-21,26,31-35,38-41H2,1-11H3,(H,77,90)(H,78,93)(H,79,94)/t53-,54?,55+,59-,61+,63+,64-,66-,74+,75-,76+/m0/s1. The molecule has 4 aromatic carbocycles. The van der Waals surface area contributed by atoms with Crippen molar-refractivity contribution in [3.63, 3.8) is 0 Å². The van der Waals surface area contributed by atoms with Crippen LogP contribution in [0.25, 0.3) is 22.5 Å². The van der Waals surface area contributed by atoms with Gasteiger partial charge in [-0.2, -0.15) is 0 Å². The van der Waals surface area contributed by atoms with Gasteiger partial charge in [-0.15, -0.1) is 0 Å². The molecule has 1 unspecified atom stereocenters. The summed E-state index contributed by atoms with van der Waals surface area (Å²) >= 11 is 0. The van der Waals surface area contributed by atoms with Gasteiger partial charge in [0.2, 0.25) is 12.0 Å². The molecule has 2 saturated carbocycles. The largest absolute Gasteiger partial charge is 0.508 e. The SMILES string of the molecule is CCNC(=O)c1noc(-c2cc(C(C)C)c(O)cc2O)c1-c1ccc(CN2CCN(C(=O)CCCCCNC(=O)O[C@@H](C(=O)O[C@H]3C[C@@]4(O)[C@@H](OC(=O)c5ccccc5)[C@@H]5[C@]6(OC(C)=O)CO[C@@H]6CC(O)[C@@]5(C)C(=O)[C@H](O)C(=C3C)C4(C)C)[C@@H](NC(=O)OC(C)(C)C)c3ccccc3)CC2)cc1. The molecule has 548 valence electrons. The van der Waals surface area contributed by atoms with Gasteiger partial charge < -0.3 is 79.3 Å². The van der Waals surface area contributed by atoms with E-state index in [9.17, 15) is 54.3 Å². The Morgan fingerprint density at radius 3 is 2.11 bits per heavy atom. The minimum atomic E-state index is -2.48. The van der Waals surface area contributed by atoms with Crippen LogP contribution in [-0.4, -0.2) is 187 Å². The van der Waals surface area contributed by atoms with Crippen LogP contribution in [0.1, 0.15) is 164 Å². The Labute approximate surface area is 592 Å². The van der Waals surface area contributed by atoms with Gasteiger partial charge in [0.05, 0.1) is 40.7 Å². The number of amides is 4. The summed E-state index contributed by atoms with van der Waals surface area (Å²) in [5, 5.41) is 72.4. The number of hydrogen-bond acceptors (Lipinski definition) is 22. The molecule has 3 aliphatic carbocycles. The number of esters is 3. The highest BCUT2D eigenvalue weighted by molar-refractivity contribution is 6.03. The number of aromatic hydroxyl groups is 2. The Bertz CT molecular complexity index is 3970. The van der Waals surface area contributed by atoms with Crippen molar-refractivity contribution < 1.29 is 96.8 Å². The molecule has 26 heteroatoms. The Balaban J connectivity index is 0.813. The van der Waals surface area contributed by atoms with Crippen molar-refractivity contribution in [3.05, 3.63) is 136 Å². The van der Waals surface area contributed by atoms with Crippen LogP contribution < -0.4 is 16.0 Å². The number of benzene rings is 4. The Morgan fingerprint density at radius 1 is 0.824 bits per heavy atom. The average Bonchev–Trinajstić information content (AvgIpc) is 0.723. The summed E-state index contributed by atoms with van der Waals surface area (Å²) in [6.45, 7) is 20.4. The first-order valence-corrected chi connectivity index (χ1v) is 34.8. The predicted molar refractivity (Wildman–Crippen MR) is 369 cm³/mol. The summed E-state index contributed by atoms with van der Waals surface area (Å²) in [5.41, 5.74) is -6.03. The zero-order valence-electron chi connectivity index (χ0n) is 59.5. The number of unbranched alkanes of at least 4 members (excludes halogenated alkanes) is 2. The van der Waals surface area contributed by atoms with Crippen LogP contribution in [0.4, 0.5) is 9.59 Å². The smallest absolute Gasteiger partial charge is 0.408 e. The van der Waals surface area contributed by atoms with Crippen LogP contribution in [0.3, 0.4) is 0 Å². The number of nitrogens with zero attached hydrogens (tertiary/aromatic N) is 3. The number of fused-ring (bicyclic) bond motifs is 5. The van der Waals surface area contributed by atoms with E-state index in [-0.39, 0.29) is 88.6 Å².